The molecule has 1 heterocycles. The van der Waals surface area contributed by atoms with Crippen LogP contribution in [0.15, 0.2) is 42.5 Å². The van der Waals surface area contributed by atoms with Gasteiger partial charge in [0.05, 0.1) is 33.1 Å². The van der Waals surface area contributed by atoms with Crippen LogP contribution in [0.25, 0.3) is 0 Å². The van der Waals surface area contributed by atoms with E-state index < -0.39 is 0 Å². The molecule has 2 aromatic rings. The van der Waals surface area contributed by atoms with Crippen molar-refractivity contribution in [2.45, 2.75) is 0 Å². The fourth-order valence-corrected chi connectivity index (χ4v) is 2.85. The Morgan fingerprint density at radius 2 is 1.78 bits per heavy atom. The highest BCUT2D eigenvalue weighted by atomic mass is 16.5. The highest BCUT2D eigenvalue weighted by Crippen LogP contribution is 2.27. The SMILES string of the molecule is COc1cccc(C(=O)Nc2cc(C(=O)N3CCOCC3)ccc2OC)c1. The second-order valence-electron chi connectivity index (χ2n) is 6.01. The quantitative estimate of drug-likeness (QED) is 0.875. The standard InChI is InChI=1S/C20H22N2O5/c1-25-16-5-3-4-14(12-16)19(23)21-17-13-15(6-7-18(17)26-2)20(24)22-8-10-27-11-9-22/h3-7,12-13H,8-11H2,1-2H3,(H,21,23). The minimum atomic E-state index is -0.317. The second kappa shape index (κ2) is 8.55. The second-order valence-corrected chi connectivity index (χ2v) is 6.01. The number of hydrogen-bond acceptors (Lipinski definition) is 5. The smallest absolute Gasteiger partial charge is 0.255 e. The first-order chi connectivity index (χ1) is 13.1. The van der Waals surface area contributed by atoms with Crippen LogP contribution in [-0.4, -0.2) is 57.2 Å². The molecular formula is C20H22N2O5. The number of carbonyl (C=O) groups excluding carboxylic acids is 2. The van der Waals surface area contributed by atoms with Crippen LogP contribution in [-0.2, 0) is 4.74 Å². The predicted octanol–water partition coefficient (Wildman–Crippen LogP) is 2.43. The molecule has 0 aliphatic carbocycles. The zero-order chi connectivity index (χ0) is 19.2. The molecule has 0 atom stereocenters. The van der Waals surface area contributed by atoms with Gasteiger partial charge in [0.1, 0.15) is 11.5 Å². The molecule has 7 heteroatoms. The van der Waals surface area contributed by atoms with Gasteiger partial charge in [-0.2, -0.15) is 0 Å². The maximum absolute atomic E-state index is 12.7. The Labute approximate surface area is 157 Å². The van der Waals surface area contributed by atoms with Gasteiger partial charge in [-0.15, -0.1) is 0 Å². The van der Waals surface area contributed by atoms with Gasteiger partial charge in [-0.25, -0.2) is 0 Å². The predicted molar refractivity (Wildman–Crippen MR) is 101 cm³/mol. The van der Waals surface area contributed by atoms with E-state index in [2.05, 4.69) is 5.32 Å². The van der Waals surface area contributed by atoms with E-state index in [-0.39, 0.29) is 11.8 Å². The maximum atomic E-state index is 12.7. The number of ether oxygens (including phenoxy) is 3. The van der Waals surface area contributed by atoms with Gasteiger partial charge >= 0.3 is 0 Å². The molecule has 2 amide bonds. The van der Waals surface area contributed by atoms with Crippen molar-refractivity contribution < 1.29 is 23.8 Å². The van der Waals surface area contributed by atoms with Crippen LogP contribution < -0.4 is 14.8 Å². The Balaban J connectivity index is 1.82. The van der Waals surface area contributed by atoms with E-state index >= 15 is 0 Å². The van der Waals surface area contributed by atoms with Crippen LogP contribution in [0.1, 0.15) is 20.7 Å². The lowest BCUT2D eigenvalue weighted by atomic mass is 10.1. The molecule has 1 saturated heterocycles. The molecule has 0 bridgehead atoms. The molecule has 142 valence electrons. The zero-order valence-electron chi connectivity index (χ0n) is 15.4. The maximum Gasteiger partial charge on any atom is 0.255 e. The Morgan fingerprint density at radius 1 is 1.00 bits per heavy atom. The molecule has 1 N–H and O–H groups in total. The molecular weight excluding hydrogens is 348 g/mol. The Morgan fingerprint density at radius 3 is 2.48 bits per heavy atom. The van der Waals surface area contributed by atoms with Gasteiger partial charge in [0, 0.05) is 24.2 Å². The first-order valence-corrected chi connectivity index (χ1v) is 8.63. The number of anilines is 1. The van der Waals surface area contributed by atoms with Gasteiger partial charge in [-0.05, 0) is 36.4 Å². The largest absolute Gasteiger partial charge is 0.497 e. The molecule has 0 saturated carbocycles. The normalized spacial score (nSPS) is 13.8. The fourth-order valence-electron chi connectivity index (χ4n) is 2.85. The number of nitrogens with zero attached hydrogens (tertiary/aromatic N) is 1. The summed E-state index contributed by atoms with van der Waals surface area (Å²) in [5.74, 6) is 0.650. The van der Waals surface area contributed by atoms with E-state index in [1.807, 2.05) is 0 Å². The summed E-state index contributed by atoms with van der Waals surface area (Å²) in [4.78, 5) is 27.0. The number of rotatable bonds is 5. The van der Waals surface area contributed by atoms with Crippen molar-refractivity contribution in [2.75, 3.05) is 45.8 Å². The summed E-state index contributed by atoms with van der Waals surface area (Å²) in [7, 11) is 3.06. The third-order valence-electron chi connectivity index (χ3n) is 4.32. The first-order valence-electron chi connectivity index (χ1n) is 8.63. The summed E-state index contributed by atoms with van der Waals surface area (Å²) in [5, 5.41) is 2.81. The lowest BCUT2D eigenvalue weighted by molar-refractivity contribution is 0.0303. The minimum Gasteiger partial charge on any atom is -0.497 e. The van der Waals surface area contributed by atoms with Gasteiger partial charge in [0.25, 0.3) is 11.8 Å². The Hall–Kier alpha value is -3.06. The number of carbonyl (C=O) groups is 2. The summed E-state index contributed by atoms with van der Waals surface area (Å²) in [6.07, 6.45) is 0. The highest BCUT2D eigenvalue weighted by molar-refractivity contribution is 6.06. The first kappa shape index (κ1) is 18.7. The molecule has 0 radical (unpaired) electrons. The van der Waals surface area contributed by atoms with E-state index in [4.69, 9.17) is 14.2 Å². The number of nitrogens with one attached hydrogen (secondary N) is 1. The molecule has 0 aromatic heterocycles. The zero-order valence-corrected chi connectivity index (χ0v) is 15.4. The van der Waals surface area contributed by atoms with Crippen LogP contribution in [0, 0.1) is 0 Å². The summed E-state index contributed by atoms with van der Waals surface area (Å²) < 4.78 is 15.8. The summed E-state index contributed by atoms with van der Waals surface area (Å²) >= 11 is 0. The number of benzene rings is 2. The van der Waals surface area contributed by atoms with Gasteiger partial charge in [0.15, 0.2) is 0 Å². The molecule has 27 heavy (non-hydrogen) atoms. The van der Waals surface area contributed by atoms with Crippen molar-refractivity contribution in [3.8, 4) is 11.5 Å². The average molecular weight is 370 g/mol. The lowest BCUT2D eigenvalue weighted by Gasteiger charge is -2.27. The monoisotopic (exact) mass is 370 g/mol. The van der Waals surface area contributed by atoms with E-state index in [0.717, 1.165) is 0 Å². The molecule has 2 aromatic carbocycles. The van der Waals surface area contributed by atoms with Gasteiger partial charge in [-0.3, -0.25) is 9.59 Å². The molecule has 0 unspecified atom stereocenters. The van der Waals surface area contributed by atoms with Crippen LogP contribution in [0.3, 0.4) is 0 Å². The summed E-state index contributed by atoms with van der Waals surface area (Å²) in [6.45, 7) is 2.16. The van der Waals surface area contributed by atoms with Crippen molar-refractivity contribution in [3.63, 3.8) is 0 Å². The summed E-state index contributed by atoms with van der Waals surface area (Å²) in [6, 6.07) is 11.8. The van der Waals surface area contributed by atoms with Gasteiger partial charge < -0.3 is 24.4 Å². The van der Waals surface area contributed by atoms with Crippen LogP contribution >= 0.6 is 0 Å². The minimum absolute atomic E-state index is 0.0992. The van der Waals surface area contributed by atoms with E-state index in [0.29, 0.717) is 54.6 Å². The molecule has 1 fully saturated rings. The van der Waals surface area contributed by atoms with Crippen LogP contribution in [0.4, 0.5) is 5.69 Å². The van der Waals surface area contributed by atoms with Crippen LogP contribution in [0.2, 0.25) is 0 Å². The molecule has 1 aliphatic rings. The number of morpholine rings is 1. The van der Waals surface area contributed by atoms with Crippen molar-refractivity contribution in [2.24, 2.45) is 0 Å². The topological polar surface area (TPSA) is 77.1 Å². The van der Waals surface area contributed by atoms with Crippen molar-refractivity contribution in [1.82, 2.24) is 4.90 Å². The number of hydrogen-bond donors (Lipinski definition) is 1. The van der Waals surface area contributed by atoms with E-state index in [9.17, 15) is 9.59 Å². The third-order valence-corrected chi connectivity index (χ3v) is 4.32. The Kier molecular flexibility index (Phi) is 5.93. The third kappa shape index (κ3) is 4.38. The average Bonchev–Trinajstić information content (AvgIpc) is 2.73. The lowest BCUT2D eigenvalue weighted by Crippen LogP contribution is -2.40. The van der Waals surface area contributed by atoms with E-state index in [1.165, 1.54) is 7.11 Å². The number of methoxy groups -OCH3 is 2. The van der Waals surface area contributed by atoms with Crippen molar-refractivity contribution >= 4 is 17.5 Å². The molecule has 1 aliphatic heterocycles. The fraction of sp³-hybridized carbons (Fsp3) is 0.300. The van der Waals surface area contributed by atoms with E-state index in [1.54, 1.807) is 54.5 Å². The number of amides is 2. The molecule has 3 rings (SSSR count). The van der Waals surface area contributed by atoms with Crippen LogP contribution in [0.5, 0.6) is 11.5 Å². The molecule has 0 spiro atoms. The van der Waals surface area contributed by atoms with Crippen molar-refractivity contribution in [1.29, 1.82) is 0 Å². The van der Waals surface area contributed by atoms with Gasteiger partial charge in [-0.1, -0.05) is 6.07 Å². The van der Waals surface area contributed by atoms with Crippen molar-refractivity contribution in [3.05, 3.63) is 53.6 Å². The summed E-state index contributed by atoms with van der Waals surface area (Å²) in [5.41, 5.74) is 1.37. The van der Waals surface area contributed by atoms with Gasteiger partial charge in [0.2, 0.25) is 0 Å². The highest BCUT2D eigenvalue weighted by Gasteiger charge is 2.20. The molecule has 7 nitrogen and oxygen atoms in total. The Bertz CT molecular complexity index is 831.